The van der Waals surface area contributed by atoms with E-state index in [9.17, 15) is 18.6 Å². The van der Waals surface area contributed by atoms with Gasteiger partial charge in [0.05, 0.1) is 34.3 Å². The van der Waals surface area contributed by atoms with Crippen molar-refractivity contribution in [2.45, 2.75) is 43.0 Å². The Kier molecular flexibility index (Phi) is 7.27. The normalized spacial score (nSPS) is 23.5. The van der Waals surface area contributed by atoms with Gasteiger partial charge >= 0.3 is 12.1 Å². The number of nitrogens with one attached hydrogen (secondary N) is 1. The molecule has 11 heteroatoms. The highest BCUT2D eigenvalue weighted by Gasteiger charge is 2.67. The molecule has 0 spiro atoms. The van der Waals surface area contributed by atoms with Crippen molar-refractivity contribution in [3.05, 3.63) is 71.8 Å². The van der Waals surface area contributed by atoms with Gasteiger partial charge in [0, 0.05) is 0 Å². The zero-order chi connectivity index (χ0) is 25.2. The minimum absolute atomic E-state index is 0.0242. The van der Waals surface area contributed by atoms with Crippen LogP contribution in [0.15, 0.2) is 65.1 Å². The van der Waals surface area contributed by atoms with Gasteiger partial charge < -0.3 is 14.4 Å². The number of hydrogen-bond donors (Lipinski definition) is 1. The van der Waals surface area contributed by atoms with E-state index in [1.54, 1.807) is 20.8 Å². The van der Waals surface area contributed by atoms with Crippen molar-refractivity contribution in [1.29, 1.82) is 0 Å². The van der Waals surface area contributed by atoms with Gasteiger partial charge in [-0.25, -0.2) is 14.3 Å². The Hall–Kier alpha value is -3.18. The van der Waals surface area contributed by atoms with Crippen LogP contribution in [0, 0.1) is 0 Å². The minimum atomic E-state index is -1.63. The average molecular weight is 516 g/mol. The first-order valence-electron chi connectivity index (χ1n) is 11.0. The maximum absolute atomic E-state index is 13.5. The molecule has 0 aromatic heterocycles. The number of amides is 2. The number of nitrogens with zero attached hydrogens (tertiary/aromatic N) is 2. The predicted octanol–water partition coefficient (Wildman–Crippen LogP) is 3.15. The third-order valence-electron chi connectivity index (χ3n) is 5.81. The second kappa shape index (κ2) is 10.2. The summed E-state index contributed by atoms with van der Waals surface area (Å²) < 4.78 is 29.3. The lowest BCUT2D eigenvalue weighted by Gasteiger charge is -2.37. The molecular formula is C24H25N3O6S2. The molecular weight excluding hydrogens is 490 g/mol. The first-order valence-corrected chi connectivity index (χ1v) is 13.0. The smallest absolute Gasteiger partial charge is 0.418 e. The third kappa shape index (κ3) is 4.70. The lowest BCUT2D eigenvalue weighted by atomic mass is 9.96. The number of ether oxygens (including phenoxy) is 2. The summed E-state index contributed by atoms with van der Waals surface area (Å²) in [6.07, 6.45) is -1.39. The molecule has 9 nitrogen and oxygen atoms in total. The van der Waals surface area contributed by atoms with Crippen LogP contribution in [0.3, 0.4) is 0 Å². The van der Waals surface area contributed by atoms with Crippen molar-refractivity contribution in [2.75, 3.05) is 6.61 Å². The number of carbonyl (C=O) groups excluding carboxylic acids is 3. The molecule has 35 heavy (non-hydrogen) atoms. The monoisotopic (exact) mass is 515 g/mol. The number of β-lactam (4-membered cyclic amide) rings is 1. The van der Waals surface area contributed by atoms with Gasteiger partial charge in [0.15, 0.2) is 17.2 Å². The zero-order valence-corrected chi connectivity index (χ0v) is 21.0. The maximum atomic E-state index is 13.5. The fourth-order valence-corrected chi connectivity index (χ4v) is 6.42. The fourth-order valence-electron chi connectivity index (χ4n) is 4.12. The second-order valence-electron chi connectivity index (χ2n) is 8.40. The zero-order valence-electron chi connectivity index (χ0n) is 19.4. The minimum Gasteiger partial charge on any atom is -0.451 e. The van der Waals surface area contributed by atoms with Crippen molar-refractivity contribution in [1.82, 2.24) is 9.62 Å². The number of esters is 1. The molecule has 3 atom stereocenters. The Balaban J connectivity index is 1.56. The summed E-state index contributed by atoms with van der Waals surface area (Å²) in [6, 6.07) is 17.5. The lowest BCUT2D eigenvalue weighted by Crippen LogP contribution is -2.64. The standard InChI is InChI=1S/C24H25N3O6S2/c1-4-32-23(30)26-34-25-17-20(28)27-19(24(2,3)35(31)21(17)27)22(29)33-18(15-11-7-5-8-12-15)16-13-9-6-10-14-16/h5-14,18-19,21H,4H2,1-3H3,(H,26,30)/b25-17+/t19-,21+,35?/m0/s1. The second-order valence-corrected chi connectivity index (χ2v) is 11.1. The van der Waals surface area contributed by atoms with Gasteiger partial charge in [0.1, 0.15) is 6.04 Å². The van der Waals surface area contributed by atoms with Crippen LogP contribution in [0.25, 0.3) is 0 Å². The summed E-state index contributed by atoms with van der Waals surface area (Å²) in [5.74, 6) is -1.17. The highest BCUT2D eigenvalue weighted by atomic mass is 32.2. The van der Waals surface area contributed by atoms with Gasteiger partial charge in [-0.3, -0.25) is 9.00 Å². The average Bonchev–Trinajstić information content (AvgIpc) is 3.04. The molecule has 2 amide bonds. The molecule has 2 saturated heterocycles. The summed E-state index contributed by atoms with van der Waals surface area (Å²) in [4.78, 5) is 39.1. The molecule has 184 valence electrons. The molecule has 2 aromatic carbocycles. The molecule has 0 aliphatic carbocycles. The van der Waals surface area contributed by atoms with Crippen molar-refractivity contribution in [2.24, 2.45) is 4.40 Å². The van der Waals surface area contributed by atoms with Crippen molar-refractivity contribution in [3.8, 4) is 0 Å². The van der Waals surface area contributed by atoms with Crippen LogP contribution in [0.1, 0.15) is 38.0 Å². The van der Waals surface area contributed by atoms with Crippen LogP contribution in [0.4, 0.5) is 4.79 Å². The quantitative estimate of drug-likeness (QED) is 0.342. The summed E-state index contributed by atoms with van der Waals surface area (Å²) in [5, 5.41) is -0.863. The van der Waals surface area contributed by atoms with Gasteiger partial charge in [-0.05, 0) is 31.9 Å². The Morgan fingerprint density at radius 1 is 1.11 bits per heavy atom. The summed E-state index contributed by atoms with van der Waals surface area (Å²) in [6.45, 7) is 5.18. The van der Waals surface area contributed by atoms with E-state index in [-0.39, 0.29) is 12.3 Å². The number of fused-ring (bicyclic) bond motifs is 1. The molecule has 0 radical (unpaired) electrons. The van der Waals surface area contributed by atoms with E-state index in [1.807, 2.05) is 60.7 Å². The number of hydrogen-bond acceptors (Lipinski definition) is 8. The summed E-state index contributed by atoms with van der Waals surface area (Å²) in [5.41, 5.74) is 1.58. The molecule has 2 aromatic rings. The number of rotatable bonds is 7. The molecule has 2 aliphatic heterocycles. The van der Waals surface area contributed by atoms with Crippen LogP contribution >= 0.6 is 12.1 Å². The van der Waals surface area contributed by atoms with E-state index in [4.69, 9.17) is 9.47 Å². The Bertz CT molecular complexity index is 1130. The molecule has 2 aliphatic rings. The Labute approximate surface area is 210 Å². The maximum Gasteiger partial charge on any atom is 0.418 e. The van der Waals surface area contributed by atoms with Crippen molar-refractivity contribution < 1.29 is 28.1 Å². The number of carbonyl (C=O) groups is 3. The number of benzene rings is 2. The van der Waals surface area contributed by atoms with Crippen LogP contribution < -0.4 is 4.72 Å². The lowest BCUT2D eigenvalue weighted by molar-refractivity contribution is -0.158. The van der Waals surface area contributed by atoms with Gasteiger partial charge in [0.2, 0.25) is 0 Å². The van der Waals surface area contributed by atoms with E-state index in [0.717, 1.165) is 11.1 Å². The summed E-state index contributed by atoms with van der Waals surface area (Å²) in [7, 11) is -1.63. The van der Waals surface area contributed by atoms with Crippen LogP contribution in [-0.2, 0) is 29.9 Å². The molecule has 0 saturated carbocycles. The molecule has 1 N–H and O–H groups in total. The van der Waals surface area contributed by atoms with Crippen LogP contribution in [0.5, 0.6) is 0 Å². The SMILES string of the molecule is CCOC(=O)NS/N=C1\C(=O)N2[C@@H]1S(=O)C(C)(C)[C@@H]2C(=O)OC(c1ccccc1)c1ccccc1. The van der Waals surface area contributed by atoms with Crippen molar-refractivity contribution >= 4 is 46.6 Å². The van der Waals surface area contributed by atoms with Gasteiger partial charge in [-0.2, -0.15) is 4.40 Å². The van der Waals surface area contributed by atoms with E-state index in [1.165, 1.54) is 4.90 Å². The molecule has 0 bridgehead atoms. The van der Waals surface area contributed by atoms with E-state index < -0.39 is 51.0 Å². The summed E-state index contributed by atoms with van der Waals surface area (Å²) >= 11 is 0.620. The Morgan fingerprint density at radius 2 is 1.69 bits per heavy atom. The van der Waals surface area contributed by atoms with E-state index >= 15 is 0 Å². The molecule has 2 fully saturated rings. The molecule has 2 heterocycles. The topological polar surface area (TPSA) is 114 Å². The van der Waals surface area contributed by atoms with Crippen LogP contribution in [0.2, 0.25) is 0 Å². The third-order valence-corrected chi connectivity index (χ3v) is 8.47. The largest absolute Gasteiger partial charge is 0.451 e. The highest BCUT2D eigenvalue weighted by molar-refractivity contribution is 7.97. The fraction of sp³-hybridized carbons (Fsp3) is 0.333. The van der Waals surface area contributed by atoms with E-state index in [0.29, 0.717) is 12.1 Å². The first-order chi connectivity index (χ1) is 16.8. The molecule has 4 rings (SSSR count). The first kappa shape index (κ1) is 24.9. The highest BCUT2D eigenvalue weighted by Crippen LogP contribution is 2.43. The van der Waals surface area contributed by atoms with Crippen molar-refractivity contribution in [3.63, 3.8) is 0 Å². The molecule has 1 unspecified atom stereocenters. The van der Waals surface area contributed by atoms with Gasteiger partial charge in [0.25, 0.3) is 5.91 Å². The predicted molar refractivity (Wildman–Crippen MR) is 133 cm³/mol. The van der Waals surface area contributed by atoms with Gasteiger partial charge in [-0.1, -0.05) is 60.7 Å². The van der Waals surface area contributed by atoms with Gasteiger partial charge in [-0.15, -0.1) is 0 Å². The van der Waals surface area contributed by atoms with Crippen LogP contribution in [-0.4, -0.2) is 55.6 Å². The Morgan fingerprint density at radius 3 is 2.23 bits per heavy atom. The van der Waals surface area contributed by atoms with E-state index in [2.05, 4.69) is 9.12 Å².